The summed E-state index contributed by atoms with van der Waals surface area (Å²) in [5, 5.41) is 22.7. The highest BCUT2D eigenvalue weighted by molar-refractivity contribution is 5.93. The predicted octanol–water partition coefficient (Wildman–Crippen LogP) is 2.48. The lowest BCUT2D eigenvalue weighted by Crippen LogP contribution is -2.46. The summed E-state index contributed by atoms with van der Waals surface area (Å²) < 4.78 is 14.3. The van der Waals surface area contributed by atoms with E-state index in [4.69, 9.17) is 9.94 Å². The van der Waals surface area contributed by atoms with E-state index in [0.29, 0.717) is 12.4 Å². The zero-order chi connectivity index (χ0) is 22.7. The molecule has 32 heavy (non-hydrogen) atoms. The maximum Gasteiger partial charge on any atom is 0.228 e. The summed E-state index contributed by atoms with van der Waals surface area (Å²) in [6.07, 6.45) is 2.17. The fourth-order valence-corrected chi connectivity index (χ4v) is 3.71. The zero-order valence-corrected chi connectivity index (χ0v) is 17.3. The van der Waals surface area contributed by atoms with Crippen LogP contribution in [-0.2, 0) is 9.59 Å². The van der Waals surface area contributed by atoms with Crippen molar-refractivity contribution in [3.05, 3.63) is 42.1 Å². The van der Waals surface area contributed by atoms with Crippen molar-refractivity contribution in [1.82, 2.24) is 10.0 Å². The second kappa shape index (κ2) is 9.42. The molecule has 9 heteroatoms. The van der Waals surface area contributed by atoms with Gasteiger partial charge in [0.1, 0.15) is 24.7 Å². The van der Waals surface area contributed by atoms with E-state index in [9.17, 15) is 19.2 Å². The first kappa shape index (κ1) is 21.9. The molecule has 1 aromatic carbocycles. The van der Waals surface area contributed by atoms with Gasteiger partial charge in [0.05, 0.1) is 18.0 Å². The number of rotatable bonds is 7. The molecule has 2 heterocycles. The number of ketones is 1. The number of pyridine rings is 1. The predicted molar refractivity (Wildman–Crippen MR) is 113 cm³/mol. The van der Waals surface area contributed by atoms with Crippen molar-refractivity contribution in [2.75, 3.05) is 25.0 Å². The number of anilines is 1. The third-order valence-corrected chi connectivity index (χ3v) is 5.69. The third kappa shape index (κ3) is 4.93. The molecule has 1 aromatic heterocycles. The molecule has 0 bridgehead atoms. The SMILES string of the molecule is N#Cc1cc(-c2ccnc(NC(=O)C3CC3)c2)ccc1ON1CC[C@@H](C(=O)CO)[C@@H](F)C1. The minimum Gasteiger partial charge on any atom is -0.404 e. The highest BCUT2D eigenvalue weighted by atomic mass is 19.1. The van der Waals surface area contributed by atoms with Gasteiger partial charge in [-0.2, -0.15) is 5.26 Å². The second-order valence-corrected chi connectivity index (χ2v) is 8.03. The summed E-state index contributed by atoms with van der Waals surface area (Å²) in [5.41, 5.74) is 1.79. The monoisotopic (exact) mass is 438 g/mol. The molecule has 4 rings (SSSR count). The fourth-order valence-electron chi connectivity index (χ4n) is 3.71. The number of nitriles is 1. The van der Waals surface area contributed by atoms with Gasteiger partial charge in [0.15, 0.2) is 11.5 Å². The molecule has 2 N–H and O–H groups in total. The molecule has 0 spiro atoms. The van der Waals surface area contributed by atoms with E-state index in [-0.39, 0.29) is 36.1 Å². The van der Waals surface area contributed by atoms with Crippen molar-refractivity contribution in [3.63, 3.8) is 0 Å². The van der Waals surface area contributed by atoms with Gasteiger partial charge < -0.3 is 15.3 Å². The number of alkyl halides is 1. The van der Waals surface area contributed by atoms with Gasteiger partial charge in [0.2, 0.25) is 5.91 Å². The van der Waals surface area contributed by atoms with E-state index in [2.05, 4.69) is 16.4 Å². The lowest BCUT2D eigenvalue weighted by molar-refractivity contribution is -0.139. The molecular formula is C23H23FN4O4. The quantitative estimate of drug-likeness (QED) is 0.682. The first-order chi connectivity index (χ1) is 15.5. The van der Waals surface area contributed by atoms with Crippen LogP contribution >= 0.6 is 0 Å². The van der Waals surface area contributed by atoms with Crippen LogP contribution in [0.1, 0.15) is 24.8 Å². The van der Waals surface area contributed by atoms with Crippen LogP contribution < -0.4 is 10.2 Å². The Morgan fingerprint density at radius 2 is 2.03 bits per heavy atom. The molecule has 1 saturated heterocycles. The summed E-state index contributed by atoms with van der Waals surface area (Å²) in [5.74, 6) is -0.577. The highest BCUT2D eigenvalue weighted by Gasteiger charge is 2.35. The number of nitrogens with one attached hydrogen (secondary N) is 1. The van der Waals surface area contributed by atoms with E-state index in [1.807, 2.05) is 0 Å². The standard InChI is InChI=1S/C23H23FN4O4/c24-19-12-28(8-6-18(19)20(30)13-29)32-21-4-3-15(9-17(21)11-25)16-5-7-26-22(10-16)27-23(31)14-1-2-14/h3-5,7,9-10,14,18-19,29H,1-2,6,8,12-13H2,(H,26,27,31)/t18-,19+/m1/s1. The Kier molecular flexibility index (Phi) is 6.44. The fraction of sp³-hybridized carbons (Fsp3) is 0.391. The maximum absolute atomic E-state index is 14.3. The van der Waals surface area contributed by atoms with Crippen LogP contribution in [-0.4, -0.2) is 52.7 Å². The van der Waals surface area contributed by atoms with Crippen molar-refractivity contribution >= 4 is 17.5 Å². The van der Waals surface area contributed by atoms with Crippen LogP contribution in [0, 0.1) is 23.2 Å². The minimum absolute atomic E-state index is 0.0354. The summed E-state index contributed by atoms with van der Waals surface area (Å²) in [4.78, 5) is 33.5. The Bertz CT molecular complexity index is 1070. The lowest BCUT2D eigenvalue weighted by atomic mass is 9.92. The molecule has 1 amide bonds. The lowest BCUT2D eigenvalue weighted by Gasteiger charge is -2.33. The van der Waals surface area contributed by atoms with E-state index in [1.54, 1.807) is 36.5 Å². The number of halogens is 1. The molecule has 0 unspecified atom stereocenters. The molecule has 8 nitrogen and oxygen atoms in total. The first-order valence-electron chi connectivity index (χ1n) is 10.5. The number of carbonyl (C=O) groups excluding carboxylic acids is 2. The summed E-state index contributed by atoms with van der Waals surface area (Å²) in [6.45, 7) is -0.498. The van der Waals surface area contributed by atoms with Crippen molar-refractivity contribution in [3.8, 4) is 22.9 Å². The van der Waals surface area contributed by atoms with E-state index < -0.39 is 24.5 Å². The average molecular weight is 438 g/mol. The van der Waals surface area contributed by atoms with Crippen LogP contribution in [0.5, 0.6) is 5.75 Å². The number of benzene rings is 1. The molecule has 0 radical (unpaired) electrons. The summed E-state index contributed by atoms with van der Waals surface area (Å²) in [6, 6.07) is 10.7. The smallest absolute Gasteiger partial charge is 0.228 e. The van der Waals surface area contributed by atoms with E-state index in [1.165, 1.54) is 5.06 Å². The van der Waals surface area contributed by atoms with E-state index >= 15 is 0 Å². The van der Waals surface area contributed by atoms with Crippen molar-refractivity contribution in [2.45, 2.75) is 25.4 Å². The Morgan fingerprint density at radius 1 is 1.25 bits per heavy atom. The van der Waals surface area contributed by atoms with Crippen molar-refractivity contribution in [1.29, 1.82) is 5.26 Å². The van der Waals surface area contributed by atoms with Gasteiger partial charge in [-0.05, 0) is 54.7 Å². The Balaban J connectivity index is 1.46. The number of Topliss-reactive ketones (excluding diaryl/α,β-unsaturated/α-hetero) is 1. The molecular weight excluding hydrogens is 415 g/mol. The maximum atomic E-state index is 14.3. The molecule has 2 atom stereocenters. The largest absolute Gasteiger partial charge is 0.404 e. The highest BCUT2D eigenvalue weighted by Crippen LogP contribution is 2.32. The van der Waals surface area contributed by atoms with Gasteiger partial charge in [-0.25, -0.2) is 9.37 Å². The Morgan fingerprint density at radius 3 is 2.72 bits per heavy atom. The number of nitrogens with zero attached hydrogens (tertiary/aromatic N) is 3. The number of hydrogen-bond donors (Lipinski definition) is 2. The number of hydroxylamine groups is 2. The van der Waals surface area contributed by atoms with Gasteiger partial charge in [0.25, 0.3) is 0 Å². The van der Waals surface area contributed by atoms with Crippen molar-refractivity contribution in [2.24, 2.45) is 11.8 Å². The van der Waals surface area contributed by atoms with Gasteiger partial charge in [0, 0.05) is 18.7 Å². The number of aromatic nitrogens is 1. The minimum atomic E-state index is -1.45. The van der Waals surface area contributed by atoms with Crippen LogP contribution in [0.2, 0.25) is 0 Å². The van der Waals surface area contributed by atoms with Gasteiger partial charge in [-0.15, -0.1) is 5.06 Å². The molecule has 166 valence electrons. The molecule has 1 aliphatic carbocycles. The number of piperidine rings is 1. The number of aliphatic hydroxyl groups excluding tert-OH is 1. The molecule has 2 aliphatic rings. The number of carbonyl (C=O) groups is 2. The number of hydrogen-bond acceptors (Lipinski definition) is 7. The van der Waals surface area contributed by atoms with Gasteiger partial charge >= 0.3 is 0 Å². The summed E-state index contributed by atoms with van der Waals surface area (Å²) in [7, 11) is 0. The normalized spacial score (nSPS) is 20.9. The van der Waals surface area contributed by atoms with Gasteiger partial charge in [-0.1, -0.05) is 6.07 Å². The molecule has 1 saturated carbocycles. The van der Waals surface area contributed by atoms with Gasteiger partial charge in [-0.3, -0.25) is 9.59 Å². The zero-order valence-electron chi connectivity index (χ0n) is 17.3. The van der Waals surface area contributed by atoms with E-state index in [0.717, 1.165) is 24.0 Å². The number of aliphatic hydroxyl groups is 1. The molecule has 2 aromatic rings. The second-order valence-electron chi connectivity index (χ2n) is 8.03. The average Bonchev–Trinajstić information content (AvgIpc) is 3.65. The molecule has 2 fully saturated rings. The first-order valence-corrected chi connectivity index (χ1v) is 10.5. The molecule has 1 aliphatic heterocycles. The van der Waals surface area contributed by atoms with Crippen LogP contribution in [0.25, 0.3) is 11.1 Å². The number of amides is 1. The Labute approximate surface area is 184 Å². The Hall–Kier alpha value is -3.35. The van der Waals surface area contributed by atoms with Crippen LogP contribution in [0.4, 0.5) is 10.2 Å². The van der Waals surface area contributed by atoms with Crippen molar-refractivity contribution < 1.29 is 23.9 Å². The topological polar surface area (TPSA) is 116 Å². The van der Waals surface area contributed by atoms with Crippen LogP contribution in [0.15, 0.2) is 36.5 Å². The third-order valence-electron chi connectivity index (χ3n) is 5.69. The van der Waals surface area contributed by atoms with Crippen LogP contribution in [0.3, 0.4) is 0 Å². The summed E-state index contributed by atoms with van der Waals surface area (Å²) >= 11 is 0.